The molecular weight excluding hydrogens is 267 g/mol. The quantitative estimate of drug-likeness (QED) is 0.859. The highest BCUT2D eigenvalue weighted by Gasteiger charge is 2.30. The van der Waals surface area contributed by atoms with E-state index in [1.165, 1.54) is 0 Å². The second-order valence-electron chi connectivity index (χ2n) is 4.30. The van der Waals surface area contributed by atoms with E-state index in [9.17, 15) is 9.18 Å². The predicted molar refractivity (Wildman–Crippen MR) is 73.3 cm³/mol. The van der Waals surface area contributed by atoms with E-state index < -0.39 is 11.6 Å². The van der Waals surface area contributed by atoms with Gasteiger partial charge in [-0.1, -0.05) is 18.2 Å². The number of benzene rings is 1. The van der Waals surface area contributed by atoms with Crippen molar-refractivity contribution in [3.05, 3.63) is 46.6 Å². The third kappa shape index (κ3) is 2.78. The number of rotatable bonds is 1. The molecule has 6 heteroatoms. The van der Waals surface area contributed by atoms with Crippen LogP contribution in [0, 0.1) is 12.7 Å². The maximum Gasteiger partial charge on any atom is 0.411 e. The lowest BCUT2D eigenvalue weighted by Crippen LogP contribution is -2.25. The molecule has 0 bridgehead atoms. The first-order valence-corrected chi connectivity index (χ1v) is 6.47. The van der Waals surface area contributed by atoms with Crippen molar-refractivity contribution in [2.45, 2.75) is 19.4 Å². The Morgan fingerprint density at radius 3 is 2.95 bits per heavy atom. The van der Waals surface area contributed by atoms with Gasteiger partial charge in [0.05, 0.1) is 0 Å². The molecule has 1 aliphatic heterocycles. The van der Waals surface area contributed by atoms with Crippen molar-refractivity contribution in [3.8, 4) is 0 Å². The van der Waals surface area contributed by atoms with Crippen LogP contribution >= 0.6 is 11.8 Å². The molecular formula is C13H13FN2O2S. The SMILES string of the molecule is Cc1cccc([C@]2(C)C=CSC(OC(N)=O)=N2)c1F. The van der Waals surface area contributed by atoms with Crippen LogP contribution in [0.1, 0.15) is 18.1 Å². The summed E-state index contributed by atoms with van der Waals surface area (Å²) >= 11 is 1.12. The minimum absolute atomic E-state index is 0.110. The smallest absolute Gasteiger partial charge is 0.385 e. The Balaban J connectivity index is 2.44. The molecule has 19 heavy (non-hydrogen) atoms. The number of nitrogens with two attached hydrogens (primary N) is 1. The van der Waals surface area contributed by atoms with Gasteiger partial charge in [-0.05, 0) is 42.7 Å². The van der Waals surface area contributed by atoms with Crippen LogP contribution in [0.25, 0.3) is 0 Å². The van der Waals surface area contributed by atoms with Gasteiger partial charge in [0.1, 0.15) is 11.4 Å². The van der Waals surface area contributed by atoms with E-state index in [0.29, 0.717) is 11.1 Å². The summed E-state index contributed by atoms with van der Waals surface area (Å²) in [6.07, 6.45) is 0.817. The third-order valence-electron chi connectivity index (χ3n) is 2.81. The van der Waals surface area contributed by atoms with Crippen molar-refractivity contribution in [2.75, 3.05) is 0 Å². The molecule has 100 valence electrons. The number of hydrogen-bond acceptors (Lipinski definition) is 4. The molecule has 0 unspecified atom stereocenters. The summed E-state index contributed by atoms with van der Waals surface area (Å²) in [7, 11) is 0. The van der Waals surface area contributed by atoms with Crippen LogP contribution in [0.4, 0.5) is 9.18 Å². The fourth-order valence-electron chi connectivity index (χ4n) is 1.80. The van der Waals surface area contributed by atoms with Crippen molar-refractivity contribution in [3.63, 3.8) is 0 Å². The molecule has 0 spiro atoms. The summed E-state index contributed by atoms with van der Waals surface area (Å²) in [5, 5.41) is 1.81. The fourth-order valence-corrected chi connectivity index (χ4v) is 2.62. The van der Waals surface area contributed by atoms with Gasteiger partial charge in [-0.2, -0.15) is 0 Å². The number of nitrogens with zero attached hydrogens (tertiary/aromatic N) is 1. The average Bonchev–Trinajstić information content (AvgIpc) is 2.31. The molecule has 1 aliphatic rings. The fraction of sp³-hybridized carbons (Fsp3) is 0.231. The molecule has 1 atom stereocenters. The van der Waals surface area contributed by atoms with Crippen LogP contribution in [-0.4, -0.2) is 11.3 Å². The molecule has 0 aromatic heterocycles. The Hall–Kier alpha value is -1.82. The zero-order chi connectivity index (χ0) is 14.0. The van der Waals surface area contributed by atoms with Crippen molar-refractivity contribution < 1.29 is 13.9 Å². The van der Waals surface area contributed by atoms with Crippen LogP contribution in [0.2, 0.25) is 0 Å². The zero-order valence-electron chi connectivity index (χ0n) is 10.5. The first-order chi connectivity index (χ1) is 8.92. The predicted octanol–water partition coefficient (Wildman–Crippen LogP) is 3.06. The van der Waals surface area contributed by atoms with Gasteiger partial charge in [0.2, 0.25) is 0 Å². The molecule has 4 nitrogen and oxygen atoms in total. The summed E-state index contributed by atoms with van der Waals surface area (Å²) in [6, 6.07) is 5.11. The monoisotopic (exact) mass is 280 g/mol. The lowest BCUT2D eigenvalue weighted by Gasteiger charge is -2.26. The van der Waals surface area contributed by atoms with Gasteiger partial charge in [0, 0.05) is 5.56 Å². The van der Waals surface area contributed by atoms with E-state index in [4.69, 9.17) is 10.5 Å². The maximum absolute atomic E-state index is 14.2. The molecule has 1 amide bonds. The van der Waals surface area contributed by atoms with E-state index in [2.05, 4.69) is 4.99 Å². The largest absolute Gasteiger partial charge is 0.411 e. The summed E-state index contributed by atoms with van der Waals surface area (Å²) < 4.78 is 18.9. The summed E-state index contributed by atoms with van der Waals surface area (Å²) in [5.41, 5.74) is 5.01. The van der Waals surface area contributed by atoms with E-state index in [1.807, 2.05) is 0 Å². The minimum atomic E-state index is -0.936. The van der Waals surface area contributed by atoms with E-state index in [0.717, 1.165) is 11.8 Å². The Bertz CT molecular complexity index is 586. The summed E-state index contributed by atoms with van der Waals surface area (Å²) in [4.78, 5) is 15.0. The molecule has 2 N–H and O–H groups in total. The summed E-state index contributed by atoms with van der Waals surface area (Å²) in [5.74, 6) is -0.316. The Labute approximate surface area is 114 Å². The first kappa shape index (κ1) is 13.6. The summed E-state index contributed by atoms with van der Waals surface area (Å²) in [6.45, 7) is 3.43. The lowest BCUT2D eigenvalue weighted by molar-refractivity contribution is 0.209. The van der Waals surface area contributed by atoms with E-state index in [-0.39, 0.29) is 11.0 Å². The molecule has 0 saturated heterocycles. The number of aryl methyl sites for hydroxylation is 1. The van der Waals surface area contributed by atoms with Crippen molar-refractivity contribution in [1.82, 2.24) is 0 Å². The number of aliphatic imine (C=N–C) groups is 1. The van der Waals surface area contributed by atoms with Crippen LogP contribution in [-0.2, 0) is 10.3 Å². The molecule has 0 saturated carbocycles. The number of amides is 1. The molecule has 2 rings (SSSR count). The van der Waals surface area contributed by atoms with Crippen molar-refractivity contribution >= 4 is 23.1 Å². The minimum Gasteiger partial charge on any atom is -0.385 e. The Morgan fingerprint density at radius 2 is 2.26 bits per heavy atom. The van der Waals surface area contributed by atoms with Gasteiger partial charge in [-0.25, -0.2) is 14.2 Å². The Kier molecular flexibility index (Phi) is 3.61. The van der Waals surface area contributed by atoms with Gasteiger partial charge >= 0.3 is 6.09 Å². The number of halogens is 1. The highest BCUT2D eigenvalue weighted by atomic mass is 32.2. The zero-order valence-corrected chi connectivity index (χ0v) is 11.3. The van der Waals surface area contributed by atoms with E-state index in [1.54, 1.807) is 43.5 Å². The van der Waals surface area contributed by atoms with Crippen LogP contribution in [0.15, 0.2) is 34.7 Å². The van der Waals surface area contributed by atoms with Crippen LogP contribution in [0.3, 0.4) is 0 Å². The van der Waals surface area contributed by atoms with E-state index >= 15 is 0 Å². The highest BCUT2D eigenvalue weighted by Crippen LogP contribution is 2.35. The molecule has 1 heterocycles. The molecule has 1 aromatic rings. The lowest BCUT2D eigenvalue weighted by atomic mass is 9.91. The molecule has 1 aromatic carbocycles. The molecule has 0 fully saturated rings. The number of ether oxygens (including phenoxy) is 1. The second-order valence-corrected chi connectivity index (χ2v) is 5.16. The van der Waals surface area contributed by atoms with Crippen molar-refractivity contribution in [1.29, 1.82) is 0 Å². The van der Waals surface area contributed by atoms with Crippen LogP contribution < -0.4 is 5.73 Å². The number of carbonyl (C=O) groups excluding carboxylic acids is 1. The van der Waals surface area contributed by atoms with Crippen LogP contribution in [0.5, 0.6) is 0 Å². The maximum atomic E-state index is 14.2. The normalized spacial score (nSPS) is 21.9. The van der Waals surface area contributed by atoms with Gasteiger partial charge in [0.15, 0.2) is 0 Å². The number of thioether (sulfide) groups is 1. The second kappa shape index (κ2) is 5.05. The number of carbonyl (C=O) groups is 1. The molecule has 0 aliphatic carbocycles. The first-order valence-electron chi connectivity index (χ1n) is 5.59. The standard InChI is InChI=1S/C13H13FN2O2S/c1-8-4-3-5-9(10(8)14)13(2)6-7-19-12(16-13)18-11(15)17/h3-7H,1-2H3,(H2,15,17)/t13-/m0/s1. The van der Waals surface area contributed by atoms with Gasteiger partial charge in [-0.15, -0.1) is 0 Å². The van der Waals surface area contributed by atoms with Crippen molar-refractivity contribution in [2.24, 2.45) is 10.7 Å². The molecule has 0 radical (unpaired) electrons. The number of primary amides is 1. The number of hydrogen-bond donors (Lipinski definition) is 1. The van der Waals surface area contributed by atoms with Gasteiger partial charge in [0.25, 0.3) is 5.23 Å². The van der Waals surface area contributed by atoms with Gasteiger partial charge < -0.3 is 10.5 Å². The topological polar surface area (TPSA) is 64.7 Å². The van der Waals surface area contributed by atoms with Gasteiger partial charge in [-0.3, -0.25) is 0 Å². The highest BCUT2D eigenvalue weighted by molar-refractivity contribution is 8.16. The third-order valence-corrected chi connectivity index (χ3v) is 3.46. The Morgan fingerprint density at radius 1 is 1.53 bits per heavy atom. The average molecular weight is 280 g/mol.